The Labute approximate surface area is 201 Å². The molecular weight excluding hydrogens is 478 g/mol. The Bertz CT molecular complexity index is 1420. The molecular formula is C28H24BrNO3. The van der Waals surface area contributed by atoms with Crippen molar-refractivity contribution in [2.45, 2.75) is 38.8 Å². The average Bonchev–Trinajstić information content (AvgIpc) is 3.06. The highest BCUT2D eigenvalue weighted by atomic mass is 79.9. The van der Waals surface area contributed by atoms with Crippen LogP contribution < -0.4 is 5.43 Å². The van der Waals surface area contributed by atoms with Crippen LogP contribution in [0.4, 0.5) is 0 Å². The maximum Gasteiger partial charge on any atom is 0.291 e. The molecule has 0 N–H and O–H groups in total. The molecule has 2 heterocycles. The first kappa shape index (κ1) is 21.7. The van der Waals surface area contributed by atoms with Crippen LogP contribution in [0.3, 0.4) is 0 Å². The maximum absolute atomic E-state index is 13.7. The second-order valence-electron chi connectivity index (χ2n) is 9.51. The number of benzene rings is 3. The van der Waals surface area contributed by atoms with Gasteiger partial charge in [0.15, 0.2) is 5.43 Å². The second kappa shape index (κ2) is 7.99. The third-order valence-corrected chi connectivity index (χ3v) is 6.71. The van der Waals surface area contributed by atoms with Gasteiger partial charge in [-0.25, -0.2) is 0 Å². The van der Waals surface area contributed by atoms with Crippen molar-refractivity contribution < 1.29 is 9.21 Å². The van der Waals surface area contributed by atoms with Crippen LogP contribution >= 0.6 is 15.9 Å². The zero-order chi connectivity index (χ0) is 23.3. The molecule has 3 aromatic carbocycles. The fourth-order valence-electron chi connectivity index (χ4n) is 4.45. The van der Waals surface area contributed by atoms with E-state index in [1.807, 2.05) is 48.5 Å². The molecule has 4 nitrogen and oxygen atoms in total. The fraction of sp³-hybridized carbons (Fsp3) is 0.214. The highest BCUT2D eigenvalue weighted by Gasteiger charge is 2.42. The summed E-state index contributed by atoms with van der Waals surface area (Å²) in [7, 11) is 0. The van der Waals surface area contributed by atoms with Gasteiger partial charge in [-0.3, -0.25) is 9.59 Å². The van der Waals surface area contributed by atoms with Crippen LogP contribution in [0.1, 0.15) is 59.6 Å². The summed E-state index contributed by atoms with van der Waals surface area (Å²) in [5, 5.41) is 0.466. The maximum atomic E-state index is 13.7. The number of rotatable bonds is 3. The smallest absolute Gasteiger partial charge is 0.291 e. The van der Waals surface area contributed by atoms with Crippen molar-refractivity contribution in [3.63, 3.8) is 0 Å². The summed E-state index contributed by atoms with van der Waals surface area (Å²) in [4.78, 5) is 29.0. The van der Waals surface area contributed by atoms with Crippen molar-refractivity contribution in [1.82, 2.24) is 4.90 Å². The molecule has 0 radical (unpaired) electrons. The standard InChI is InChI=1S/C28H24BrNO3/c1-28(2,3)19-11-9-18(10-12-19)24-23-25(31)21-15-20(29)13-14-22(21)33-26(23)27(32)30(24)16-17-7-5-4-6-8-17/h4-15,24H,16H2,1-3H3. The predicted octanol–water partition coefficient (Wildman–Crippen LogP) is 6.60. The molecule has 4 aromatic rings. The molecule has 1 amide bonds. The number of fused-ring (bicyclic) bond motifs is 2. The summed E-state index contributed by atoms with van der Waals surface area (Å²) in [5.74, 6) is -0.128. The van der Waals surface area contributed by atoms with E-state index in [0.717, 1.165) is 15.6 Å². The van der Waals surface area contributed by atoms with Gasteiger partial charge in [0.05, 0.1) is 17.0 Å². The van der Waals surface area contributed by atoms with Gasteiger partial charge in [0, 0.05) is 11.0 Å². The summed E-state index contributed by atoms with van der Waals surface area (Å²) in [6.45, 7) is 6.87. The molecule has 1 unspecified atom stereocenters. The monoisotopic (exact) mass is 501 g/mol. The van der Waals surface area contributed by atoms with Gasteiger partial charge in [0.25, 0.3) is 5.91 Å². The summed E-state index contributed by atoms with van der Waals surface area (Å²) in [5.41, 5.74) is 3.75. The average molecular weight is 502 g/mol. The molecule has 1 aromatic heterocycles. The van der Waals surface area contributed by atoms with Gasteiger partial charge in [0.2, 0.25) is 5.76 Å². The largest absolute Gasteiger partial charge is 0.450 e. The van der Waals surface area contributed by atoms with Crippen LogP contribution in [-0.4, -0.2) is 10.8 Å². The molecule has 5 heteroatoms. The number of halogens is 1. The Morgan fingerprint density at radius 1 is 0.939 bits per heavy atom. The Hall–Kier alpha value is -3.18. The Kier molecular flexibility index (Phi) is 5.25. The Balaban J connectivity index is 1.71. The molecule has 1 aliphatic rings. The molecule has 166 valence electrons. The predicted molar refractivity (Wildman–Crippen MR) is 133 cm³/mol. The van der Waals surface area contributed by atoms with Crippen molar-refractivity contribution in [2.75, 3.05) is 0 Å². The fourth-order valence-corrected chi connectivity index (χ4v) is 4.81. The lowest BCUT2D eigenvalue weighted by Crippen LogP contribution is -2.29. The van der Waals surface area contributed by atoms with E-state index in [1.165, 1.54) is 5.56 Å². The zero-order valence-electron chi connectivity index (χ0n) is 18.8. The summed E-state index contributed by atoms with van der Waals surface area (Å²) in [6.07, 6.45) is 0. The highest BCUT2D eigenvalue weighted by Crippen LogP contribution is 2.40. The molecule has 33 heavy (non-hydrogen) atoms. The van der Waals surface area contributed by atoms with Crippen LogP contribution in [0.25, 0.3) is 11.0 Å². The van der Waals surface area contributed by atoms with Gasteiger partial charge in [-0.05, 0) is 40.3 Å². The van der Waals surface area contributed by atoms with E-state index in [4.69, 9.17) is 4.42 Å². The molecule has 1 aliphatic heterocycles. The highest BCUT2D eigenvalue weighted by molar-refractivity contribution is 9.10. The summed E-state index contributed by atoms with van der Waals surface area (Å²) < 4.78 is 6.83. The number of carbonyl (C=O) groups is 1. The van der Waals surface area contributed by atoms with Gasteiger partial charge in [-0.1, -0.05) is 91.3 Å². The molecule has 0 fully saturated rings. The van der Waals surface area contributed by atoms with Gasteiger partial charge >= 0.3 is 0 Å². The summed E-state index contributed by atoms with van der Waals surface area (Å²) in [6, 6.07) is 22.8. The minimum Gasteiger partial charge on any atom is -0.450 e. The molecule has 5 rings (SSSR count). The topological polar surface area (TPSA) is 50.5 Å². The minimum atomic E-state index is -0.513. The van der Waals surface area contributed by atoms with Gasteiger partial charge in [-0.2, -0.15) is 0 Å². The van der Waals surface area contributed by atoms with Crippen molar-refractivity contribution in [3.05, 3.63) is 116 Å². The number of hydrogen-bond acceptors (Lipinski definition) is 3. The number of nitrogens with zero attached hydrogens (tertiary/aromatic N) is 1. The van der Waals surface area contributed by atoms with E-state index in [-0.39, 0.29) is 22.5 Å². The normalized spacial score (nSPS) is 15.8. The van der Waals surface area contributed by atoms with E-state index < -0.39 is 6.04 Å². The zero-order valence-corrected chi connectivity index (χ0v) is 20.3. The lowest BCUT2D eigenvalue weighted by atomic mass is 9.86. The van der Waals surface area contributed by atoms with E-state index in [1.54, 1.807) is 17.0 Å². The van der Waals surface area contributed by atoms with Crippen molar-refractivity contribution in [3.8, 4) is 0 Å². The van der Waals surface area contributed by atoms with Crippen molar-refractivity contribution in [2.24, 2.45) is 0 Å². The summed E-state index contributed by atoms with van der Waals surface area (Å²) >= 11 is 3.44. The minimum absolute atomic E-state index is 0.00711. The molecule has 1 atom stereocenters. The third kappa shape index (κ3) is 3.80. The molecule has 0 spiro atoms. The third-order valence-electron chi connectivity index (χ3n) is 6.22. The van der Waals surface area contributed by atoms with Crippen molar-refractivity contribution in [1.29, 1.82) is 0 Å². The van der Waals surface area contributed by atoms with Crippen LogP contribution in [-0.2, 0) is 12.0 Å². The first-order valence-corrected chi connectivity index (χ1v) is 11.7. The Morgan fingerprint density at radius 2 is 1.64 bits per heavy atom. The van der Waals surface area contributed by atoms with Gasteiger partial charge in [-0.15, -0.1) is 0 Å². The first-order valence-electron chi connectivity index (χ1n) is 11.0. The molecule has 0 saturated heterocycles. The van der Waals surface area contributed by atoms with Crippen LogP contribution in [0.15, 0.2) is 86.5 Å². The lowest BCUT2D eigenvalue weighted by molar-refractivity contribution is 0.0714. The molecule has 0 bridgehead atoms. The first-order chi connectivity index (χ1) is 15.7. The van der Waals surface area contributed by atoms with Crippen LogP contribution in [0, 0.1) is 0 Å². The SMILES string of the molecule is CC(C)(C)c1ccc(C2c3c(oc4ccc(Br)cc4c3=O)C(=O)N2Cc2ccccc2)cc1. The van der Waals surface area contributed by atoms with Crippen LogP contribution in [0.2, 0.25) is 0 Å². The van der Waals surface area contributed by atoms with E-state index in [0.29, 0.717) is 23.1 Å². The molecule has 0 saturated carbocycles. The lowest BCUT2D eigenvalue weighted by Gasteiger charge is -2.26. The second-order valence-corrected chi connectivity index (χ2v) is 10.4. The quantitative estimate of drug-likeness (QED) is 0.317. The molecule has 0 aliphatic carbocycles. The Morgan fingerprint density at radius 3 is 2.30 bits per heavy atom. The number of carbonyl (C=O) groups excluding carboxylic acids is 1. The van der Waals surface area contributed by atoms with Crippen LogP contribution in [0.5, 0.6) is 0 Å². The van der Waals surface area contributed by atoms with E-state index in [2.05, 4.69) is 48.8 Å². The van der Waals surface area contributed by atoms with Gasteiger partial charge in [0.1, 0.15) is 5.58 Å². The van der Waals surface area contributed by atoms with E-state index in [9.17, 15) is 9.59 Å². The van der Waals surface area contributed by atoms with E-state index >= 15 is 0 Å². The number of amides is 1. The van der Waals surface area contributed by atoms with Crippen molar-refractivity contribution >= 4 is 32.8 Å². The van der Waals surface area contributed by atoms with Gasteiger partial charge < -0.3 is 9.32 Å². The number of hydrogen-bond donors (Lipinski definition) is 0.